The molecule has 0 spiro atoms. The quantitative estimate of drug-likeness (QED) is 0.133. The van der Waals surface area contributed by atoms with E-state index in [1.807, 2.05) is 0 Å². The van der Waals surface area contributed by atoms with E-state index in [0.29, 0.717) is 34.0 Å². The summed E-state index contributed by atoms with van der Waals surface area (Å²) in [6, 6.07) is -63.7. The van der Waals surface area contributed by atoms with E-state index in [-0.39, 0.29) is 131 Å². The molecule has 0 bridgehead atoms. The Morgan fingerprint density at radius 2 is 0.322 bits per heavy atom. The number of thiophene rings is 3. The van der Waals surface area contributed by atoms with Crippen LogP contribution in [-0.4, -0.2) is 0 Å². The van der Waals surface area contributed by atoms with Gasteiger partial charge in [-0.3, -0.25) is 0 Å². The van der Waals surface area contributed by atoms with Crippen molar-refractivity contribution in [1.82, 2.24) is 0 Å². The molecule has 0 saturated carbocycles. The van der Waals surface area contributed by atoms with E-state index in [4.69, 9.17) is 74.0 Å². The molecule has 3 heterocycles. The Bertz CT molecular complexity index is 15800. The second-order valence-corrected chi connectivity index (χ2v) is 34.9. The molecule has 0 radical (unpaired) electrons. The summed E-state index contributed by atoms with van der Waals surface area (Å²) >= 11 is 2.10. The van der Waals surface area contributed by atoms with Gasteiger partial charge in [0.25, 0.3) is 0 Å². The Balaban J connectivity index is 0.000000142. The molecule has 662 valence electrons. The molecule has 28 aromatic carbocycles. The summed E-state index contributed by atoms with van der Waals surface area (Å²) in [7, 11) is 0. The van der Waals surface area contributed by atoms with Crippen LogP contribution in [0.2, 0.25) is 0 Å². The molecule has 0 N–H and O–H groups in total. The van der Waals surface area contributed by atoms with Crippen molar-refractivity contribution in [2.75, 3.05) is 0 Å². The monoisotopic (exact) mass is 1940 g/mol. The molecule has 0 unspecified atom stereocenters. The molecule has 0 aliphatic carbocycles. The van der Waals surface area contributed by atoms with E-state index in [0.717, 1.165) is 0 Å². The van der Waals surface area contributed by atoms with Crippen LogP contribution in [-0.2, 0) is 0 Å². The van der Waals surface area contributed by atoms with Crippen LogP contribution in [0.1, 0.15) is 111 Å². The maximum atomic E-state index is 9.74. The van der Waals surface area contributed by atoms with Gasteiger partial charge in [-0.05, 0) is 259 Å². The second-order valence-electron chi connectivity index (χ2n) is 31.8. The minimum absolute atomic E-state index is 0.0685. The summed E-state index contributed by atoms with van der Waals surface area (Å²) in [4.78, 5) is 0. The maximum Gasteiger partial charge on any atom is 0.0638 e. The Morgan fingerprint density at radius 1 is 0.119 bits per heavy atom. The average molecular weight is 1940 g/mol. The highest BCUT2D eigenvalue weighted by Crippen LogP contribution is 2.57. The summed E-state index contributed by atoms with van der Waals surface area (Å²) in [6.07, 6.45) is 0. The highest BCUT2D eigenvalue weighted by atomic mass is 32.1. The van der Waals surface area contributed by atoms with Gasteiger partial charge in [0.05, 0.1) is 111 Å². The smallest absolute Gasteiger partial charge is 0.0638 e. The van der Waals surface area contributed by atoms with Crippen molar-refractivity contribution in [2.24, 2.45) is 0 Å². The highest BCUT2D eigenvalue weighted by molar-refractivity contribution is 7.27. The molecule has 143 heavy (non-hydrogen) atoms. The second kappa shape index (κ2) is 33.6. The highest BCUT2D eigenvalue weighted by Gasteiger charge is 2.28. The molecular formula is C140H84S3. The van der Waals surface area contributed by atoms with Gasteiger partial charge in [0, 0.05) is 77.2 Å². The molecule has 31 rings (SSSR count). The molecular weight excluding hydrogens is 1780 g/mol. The Morgan fingerprint density at radius 3 is 0.643 bits per heavy atom. The minimum Gasteiger partial charge on any atom is -0.134 e. The molecule has 0 saturated heterocycles. The van der Waals surface area contributed by atoms with Crippen molar-refractivity contribution < 1.29 is 111 Å². The van der Waals surface area contributed by atoms with Crippen LogP contribution in [0.15, 0.2) is 508 Å². The van der Waals surface area contributed by atoms with Crippen LogP contribution >= 0.6 is 34.0 Å². The number of fused-ring (bicyclic) bond motifs is 29. The molecule has 0 amide bonds. The fourth-order valence-corrected chi connectivity index (χ4v) is 22.3. The largest absolute Gasteiger partial charge is 0.134 e. The molecule has 31 aromatic rings. The van der Waals surface area contributed by atoms with Crippen molar-refractivity contribution >= 4 is 245 Å². The zero-order valence-corrected chi connectivity index (χ0v) is 73.9. The standard InChI is InChI=1S/C50H30S.C46H28S.C44H26S/c1-4-16-36-31(12-1)15-11-23-37(36)33-24-26-34(27-25-33)46-40-19-7-9-21-42(40)47(43-22-10-8-20-41(43)46)44-30-35-14-3-6-18-39(35)49-48-38-17-5-2-13-32(38)28-29-45(48)51-50(44)49;1-2-13-31(14-3-1)42-36-18-8-10-20-38(36)43(39-21-11-9-19-37(39)42)32-24-22-30(23-25-32)40-28-33-15-5-7-17-35(33)45-44-34-16-6-4-12-29(34)26-27-41(44)47-46(40)45;1-4-16-30-27(12-1)15-11-23-33(30)40-34-19-7-9-21-36(34)41(37-22-10-8-20-35(37)40)38-26-29-14-3-6-18-32(29)43-42-31-17-5-2-13-28(31)24-25-39(42)45-44(38)43/h1-30H;1-28H;1-26H/i1D,2D,3D,4D,5D,6D,7D,8D,9D,10D,11D,12D,13D,14D,15D,16D,17D,18D,19D,20D,21D,22D,23D,24D,25D,26D,27D,28D,29D;1D,2D,3D,4D,5D,6D,7D,8D,9D,10D,11D,12D,13D,14D,15D,16D,17D,18D,19D,20D,21D,22D,23D,24D,25D,26D,27D;1D,2D,3D,4D,5D,6D,7D,8D,9D,10D,11D,12D,13D,14D,15D,16D,17D,18D,19D,20D,21D,22D,23D,24D,25D. The van der Waals surface area contributed by atoms with Gasteiger partial charge in [-0.25, -0.2) is 0 Å². The first-order chi connectivity index (χ1) is 105. The first-order valence-corrected chi connectivity index (χ1v) is 45.2. The summed E-state index contributed by atoms with van der Waals surface area (Å²) in [5.41, 5.74) is -9.35. The number of hydrogen-bond donors (Lipinski definition) is 0. The lowest BCUT2D eigenvalue weighted by Gasteiger charge is -2.19. The van der Waals surface area contributed by atoms with E-state index in [9.17, 15) is 37.0 Å². The lowest BCUT2D eigenvalue weighted by Crippen LogP contribution is -1.92. The third-order valence-electron chi connectivity index (χ3n) is 24.5. The van der Waals surface area contributed by atoms with E-state index in [1.165, 1.54) is 18.2 Å². The molecule has 3 aromatic heterocycles. The summed E-state index contributed by atoms with van der Waals surface area (Å²) in [5, 5.41) is -14.5. The first kappa shape index (κ1) is 35.4. The van der Waals surface area contributed by atoms with Gasteiger partial charge in [0.1, 0.15) is 0 Å². The number of benzene rings is 28. The summed E-state index contributed by atoms with van der Waals surface area (Å²) < 4.78 is 730. The van der Waals surface area contributed by atoms with Crippen LogP contribution < -0.4 is 0 Å². The van der Waals surface area contributed by atoms with Crippen molar-refractivity contribution in [3.8, 4) is 89.0 Å². The van der Waals surface area contributed by atoms with Gasteiger partial charge >= 0.3 is 0 Å². The van der Waals surface area contributed by atoms with Crippen molar-refractivity contribution in [3.63, 3.8) is 0 Å². The van der Waals surface area contributed by atoms with Gasteiger partial charge in [-0.2, -0.15) is 0 Å². The van der Waals surface area contributed by atoms with Gasteiger partial charge in [-0.1, -0.05) is 471 Å². The van der Waals surface area contributed by atoms with Gasteiger partial charge < -0.3 is 0 Å². The zero-order valence-electron chi connectivity index (χ0n) is 152. The van der Waals surface area contributed by atoms with Crippen molar-refractivity contribution in [1.29, 1.82) is 0 Å². The lowest BCUT2D eigenvalue weighted by molar-refractivity contribution is 1.63. The lowest BCUT2D eigenvalue weighted by atomic mass is 9.84. The van der Waals surface area contributed by atoms with E-state index >= 15 is 0 Å². The SMILES string of the molecule is [2H]c1c([2H])c(-c2c3c([2H])c([2H])c([2H])c([2H])c3c(-c3cc4c([2H])c([2H])c([2H])c([2H])c4c4c3sc3c([2H])c([2H])c5c([2H])c([2H])c([2H])c([2H])c5c34)c3c([2H])c([2H])c([2H])c([2H])c23)c([2H])c([2H])c1-c1c([2H])c([2H])c([2H])c2c([2H])c([2H])c([2H])c([2H])c12.[2H]c1c([2H])c([2H])c(-c2c3c([2H])c([2H])c([2H])c([2H])c3c(-c3c([2H])c([2H])c(-c4cc5c([2H])c([2H])c([2H])c([2H])c5c5c4sc4c([2H])c([2H])c6c([2H])c([2H])c([2H])c([2H])c6c45)c([2H])c3[2H])c3c([2H])c([2H])c([2H])c([2H])c23)c([2H])c1[2H].[2H]c1c([2H])c([2H])c2c(cc(-c3c4c([2H])c([2H])c([2H])c([2H])c4c(-c4c([2H])c([2H])c([2H])c5c([2H])c([2H])c([2H])c([2H])c45)c4c([2H])c([2H])c([2H])c([2H])c34)c3sc4c([2H])c([2H])c5c([2H])c([2H])c([2H])c([2H])c5c4c32)c1[2H]. The van der Waals surface area contributed by atoms with E-state index in [1.54, 1.807) is 0 Å². The van der Waals surface area contributed by atoms with Crippen LogP contribution in [0.5, 0.6) is 0 Å². The van der Waals surface area contributed by atoms with Gasteiger partial charge in [-0.15, -0.1) is 34.0 Å². The van der Waals surface area contributed by atoms with Crippen molar-refractivity contribution in [2.45, 2.75) is 0 Å². The molecule has 0 aliphatic heterocycles. The normalized spacial score (nSPS) is 19.8. The Hall–Kier alpha value is -17.5. The third kappa shape index (κ3) is 13.2. The fraction of sp³-hybridized carbons (Fsp3) is 0. The van der Waals surface area contributed by atoms with Gasteiger partial charge in [0.2, 0.25) is 0 Å². The summed E-state index contributed by atoms with van der Waals surface area (Å²) in [5.74, 6) is 0. The van der Waals surface area contributed by atoms with E-state index in [2.05, 4.69) is 0 Å². The van der Waals surface area contributed by atoms with Gasteiger partial charge in [0.15, 0.2) is 0 Å². The topological polar surface area (TPSA) is 0 Å². The molecule has 3 heteroatoms. The van der Waals surface area contributed by atoms with Crippen LogP contribution in [0, 0.1) is 0 Å². The molecule has 0 fully saturated rings. The fourth-order valence-electron chi connectivity index (χ4n) is 18.7. The average Bonchev–Trinajstić information content (AvgIpc) is 1.38. The molecule has 0 atom stereocenters. The molecule has 0 aliphatic rings. The van der Waals surface area contributed by atoms with E-state index < -0.39 is 659 Å². The summed E-state index contributed by atoms with van der Waals surface area (Å²) in [6.45, 7) is 0. The predicted octanol–water partition coefficient (Wildman–Crippen LogP) is 41.6. The Kier molecular flexibility index (Phi) is 8.32. The number of hydrogen-bond acceptors (Lipinski definition) is 3. The maximum absolute atomic E-state index is 9.74. The first-order valence-electron chi connectivity index (χ1n) is 83.2. The number of rotatable bonds is 8. The Labute approximate surface area is 950 Å². The molecule has 0 nitrogen and oxygen atoms in total. The van der Waals surface area contributed by atoms with Crippen LogP contribution in [0.3, 0.4) is 0 Å². The van der Waals surface area contributed by atoms with Crippen molar-refractivity contribution in [3.05, 3.63) is 508 Å². The minimum atomic E-state index is -1.08. The zero-order chi connectivity index (χ0) is 164. The predicted molar refractivity (Wildman–Crippen MR) is 627 cm³/mol. The third-order valence-corrected chi connectivity index (χ3v) is 27.9. The van der Waals surface area contributed by atoms with Crippen LogP contribution in [0.25, 0.3) is 300 Å². The van der Waals surface area contributed by atoms with Crippen LogP contribution in [0.4, 0.5) is 0 Å².